The molecule has 2 aromatic rings. The van der Waals surface area contributed by atoms with E-state index in [0.717, 1.165) is 5.65 Å². The molecule has 0 aromatic carbocycles. The highest BCUT2D eigenvalue weighted by Gasteiger charge is 2.10. The predicted octanol–water partition coefficient (Wildman–Crippen LogP) is 2.17. The minimum Gasteiger partial charge on any atom is -0.387 e. The van der Waals surface area contributed by atoms with Crippen LogP contribution in [0.3, 0.4) is 0 Å². The Balaban J connectivity index is 2.15. The molecule has 0 spiro atoms. The molecule has 0 aliphatic carbocycles. The number of rotatable bonds is 3. The van der Waals surface area contributed by atoms with Gasteiger partial charge in [-0.3, -0.25) is 0 Å². The van der Waals surface area contributed by atoms with Gasteiger partial charge in [-0.25, -0.2) is 4.98 Å². The summed E-state index contributed by atoms with van der Waals surface area (Å²) in [6.07, 6.45) is 4.58. The van der Waals surface area contributed by atoms with E-state index in [9.17, 15) is 5.11 Å². The third-order valence-electron chi connectivity index (χ3n) is 2.44. The van der Waals surface area contributed by atoms with Gasteiger partial charge in [0.25, 0.3) is 0 Å². The van der Waals surface area contributed by atoms with Crippen molar-refractivity contribution in [1.82, 2.24) is 9.38 Å². The molecule has 0 fully saturated rings. The molecule has 0 aliphatic rings. The van der Waals surface area contributed by atoms with E-state index in [1.54, 1.807) is 6.92 Å². The van der Waals surface area contributed by atoms with Crippen molar-refractivity contribution in [3.05, 3.63) is 36.3 Å². The molecule has 2 heterocycles. The highest BCUT2D eigenvalue weighted by atomic mass is 16.3. The van der Waals surface area contributed by atoms with Gasteiger partial charge in [0.15, 0.2) is 0 Å². The number of fused-ring (bicyclic) bond motifs is 1. The number of hydrogen-bond acceptors (Lipinski definition) is 2. The van der Waals surface area contributed by atoms with Gasteiger partial charge < -0.3 is 9.51 Å². The fraction of sp³-hybridized carbons (Fsp3) is 0.308. The van der Waals surface area contributed by atoms with E-state index >= 15 is 0 Å². The molecule has 2 rings (SSSR count). The smallest absolute Gasteiger partial charge is 0.137 e. The molecule has 2 aromatic heterocycles. The molecule has 0 saturated carbocycles. The maximum atomic E-state index is 9.90. The lowest BCUT2D eigenvalue weighted by Gasteiger charge is -2.03. The summed E-state index contributed by atoms with van der Waals surface area (Å²) >= 11 is 0. The molecule has 3 heteroatoms. The van der Waals surface area contributed by atoms with Crippen LogP contribution in [0, 0.1) is 11.8 Å². The summed E-state index contributed by atoms with van der Waals surface area (Å²) in [6, 6.07) is 5.79. The Hall–Kier alpha value is -1.79. The fourth-order valence-electron chi connectivity index (χ4n) is 1.60. The van der Waals surface area contributed by atoms with Crippen molar-refractivity contribution in [1.29, 1.82) is 0 Å². The van der Waals surface area contributed by atoms with Gasteiger partial charge in [0.2, 0.25) is 0 Å². The summed E-state index contributed by atoms with van der Waals surface area (Å²) in [7, 11) is 0. The summed E-state index contributed by atoms with van der Waals surface area (Å²) in [5.74, 6) is 5.75. The van der Waals surface area contributed by atoms with Gasteiger partial charge in [-0.15, -0.1) is 11.8 Å². The second-order valence-electron chi connectivity index (χ2n) is 3.61. The summed E-state index contributed by atoms with van der Waals surface area (Å²) < 4.78 is 1.91. The second kappa shape index (κ2) is 4.82. The number of nitrogens with zero attached hydrogens (tertiary/aromatic N) is 2. The Bertz CT molecular complexity index is 500. The van der Waals surface area contributed by atoms with E-state index in [1.165, 1.54) is 0 Å². The molecular weight excluding hydrogens is 200 g/mol. The van der Waals surface area contributed by atoms with Gasteiger partial charge in [-0.1, -0.05) is 6.07 Å². The van der Waals surface area contributed by atoms with Crippen molar-refractivity contribution in [2.75, 3.05) is 0 Å². The average molecular weight is 214 g/mol. The number of pyridine rings is 1. The monoisotopic (exact) mass is 214 g/mol. The number of aliphatic hydroxyl groups is 1. The molecule has 1 atom stereocenters. The first-order valence-electron chi connectivity index (χ1n) is 5.32. The largest absolute Gasteiger partial charge is 0.387 e. The molecular formula is C13H14N2O. The summed E-state index contributed by atoms with van der Waals surface area (Å²) in [6.45, 7) is 1.80. The van der Waals surface area contributed by atoms with E-state index < -0.39 is 6.10 Å². The lowest BCUT2D eigenvalue weighted by Crippen LogP contribution is -1.96. The van der Waals surface area contributed by atoms with E-state index in [1.807, 2.05) is 35.0 Å². The van der Waals surface area contributed by atoms with Gasteiger partial charge >= 0.3 is 0 Å². The first-order valence-corrected chi connectivity index (χ1v) is 5.32. The Morgan fingerprint density at radius 3 is 3.12 bits per heavy atom. The zero-order valence-corrected chi connectivity index (χ0v) is 9.22. The van der Waals surface area contributed by atoms with Crippen molar-refractivity contribution >= 4 is 5.65 Å². The standard InChI is InChI=1S/C13H14N2O/c1-2-3-4-7-12(16)11-10-15-9-6-5-8-13(15)14-11/h5-6,8-10,12,16H,4,7H2,1H3. The van der Waals surface area contributed by atoms with E-state index in [-0.39, 0.29) is 0 Å². The molecule has 82 valence electrons. The van der Waals surface area contributed by atoms with Crippen LogP contribution in [0.15, 0.2) is 30.6 Å². The molecule has 0 saturated heterocycles. The van der Waals surface area contributed by atoms with E-state index in [0.29, 0.717) is 18.5 Å². The van der Waals surface area contributed by atoms with Crippen molar-refractivity contribution in [3.63, 3.8) is 0 Å². The SMILES string of the molecule is CC#CCCC(O)c1cn2ccccc2n1. The molecule has 0 radical (unpaired) electrons. The normalized spacial score (nSPS) is 12.1. The predicted molar refractivity (Wildman–Crippen MR) is 62.8 cm³/mol. The van der Waals surface area contributed by atoms with Gasteiger partial charge in [-0.05, 0) is 25.5 Å². The molecule has 16 heavy (non-hydrogen) atoms. The average Bonchev–Trinajstić information content (AvgIpc) is 2.73. The number of hydrogen-bond donors (Lipinski definition) is 1. The van der Waals surface area contributed by atoms with Crippen LogP contribution in [-0.4, -0.2) is 14.5 Å². The zero-order valence-electron chi connectivity index (χ0n) is 9.22. The number of aromatic nitrogens is 2. The molecule has 3 nitrogen and oxygen atoms in total. The van der Waals surface area contributed by atoms with Gasteiger partial charge in [0.1, 0.15) is 5.65 Å². The Labute approximate surface area is 94.8 Å². The van der Waals surface area contributed by atoms with Gasteiger partial charge in [0.05, 0.1) is 11.8 Å². The van der Waals surface area contributed by atoms with Crippen molar-refractivity contribution in [2.45, 2.75) is 25.9 Å². The Morgan fingerprint density at radius 1 is 1.50 bits per heavy atom. The highest BCUT2D eigenvalue weighted by Crippen LogP contribution is 2.17. The molecule has 1 unspecified atom stereocenters. The third-order valence-corrected chi connectivity index (χ3v) is 2.44. The van der Waals surface area contributed by atoms with Crippen LogP contribution in [0.1, 0.15) is 31.6 Å². The van der Waals surface area contributed by atoms with Crippen molar-refractivity contribution < 1.29 is 5.11 Å². The summed E-state index contributed by atoms with van der Waals surface area (Å²) in [5.41, 5.74) is 1.57. The van der Waals surface area contributed by atoms with Gasteiger partial charge in [0, 0.05) is 18.8 Å². The topological polar surface area (TPSA) is 37.5 Å². The molecule has 0 bridgehead atoms. The lowest BCUT2D eigenvalue weighted by molar-refractivity contribution is 0.165. The first-order chi connectivity index (χ1) is 7.81. The minimum absolute atomic E-state index is 0.527. The Morgan fingerprint density at radius 2 is 2.38 bits per heavy atom. The lowest BCUT2D eigenvalue weighted by atomic mass is 10.1. The number of imidazole rings is 1. The van der Waals surface area contributed by atoms with Crippen LogP contribution >= 0.6 is 0 Å². The van der Waals surface area contributed by atoms with Crippen LogP contribution < -0.4 is 0 Å². The first kappa shape index (κ1) is 10.7. The zero-order chi connectivity index (χ0) is 11.4. The van der Waals surface area contributed by atoms with Crippen LogP contribution in [0.2, 0.25) is 0 Å². The van der Waals surface area contributed by atoms with E-state index in [4.69, 9.17) is 0 Å². The van der Waals surface area contributed by atoms with Gasteiger partial charge in [-0.2, -0.15) is 0 Å². The second-order valence-corrected chi connectivity index (χ2v) is 3.61. The summed E-state index contributed by atoms with van der Waals surface area (Å²) in [4.78, 5) is 4.36. The van der Waals surface area contributed by atoms with Crippen molar-refractivity contribution in [3.8, 4) is 11.8 Å². The van der Waals surface area contributed by atoms with Crippen molar-refractivity contribution in [2.24, 2.45) is 0 Å². The Kier molecular flexibility index (Phi) is 3.23. The van der Waals surface area contributed by atoms with Crippen LogP contribution in [-0.2, 0) is 0 Å². The highest BCUT2D eigenvalue weighted by molar-refractivity contribution is 5.39. The van der Waals surface area contributed by atoms with Crippen LogP contribution in [0.4, 0.5) is 0 Å². The maximum Gasteiger partial charge on any atom is 0.137 e. The molecule has 1 N–H and O–H groups in total. The molecule has 0 aliphatic heterocycles. The number of aliphatic hydroxyl groups excluding tert-OH is 1. The quantitative estimate of drug-likeness (QED) is 0.795. The van der Waals surface area contributed by atoms with Crippen LogP contribution in [0.5, 0.6) is 0 Å². The minimum atomic E-state index is -0.527. The van der Waals surface area contributed by atoms with E-state index in [2.05, 4.69) is 16.8 Å². The summed E-state index contributed by atoms with van der Waals surface area (Å²) in [5, 5.41) is 9.90. The fourth-order valence-corrected chi connectivity index (χ4v) is 1.60. The maximum absolute atomic E-state index is 9.90. The third kappa shape index (κ3) is 2.23. The van der Waals surface area contributed by atoms with Crippen LogP contribution in [0.25, 0.3) is 5.65 Å². The molecule has 0 amide bonds.